The van der Waals surface area contributed by atoms with E-state index in [2.05, 4.69) is 34.6 Å². The van der Waals surface area contributed by atoms with Crippen LogP contribution in [0, 0.1) is 6.92 Å². The first-order valence-corrected chi connectivity index (χ1v) is 8.55. The Hall–Kier alpha value is -2.12. The van der Waals surface area contributed by atoms with Crippen molar-refractivity contribution in [2.24, 2.45) is 0 Å². The molecule has 126 valence electrons. The van der Waals surface area contributed by atoms with E-state index in [4.69, 9.17) is 0 Å². The third-order valence-corrected chi connectivity index (χ3v) is 4.82. The van der Waals surface area contributed by atoms with E-state index in [1.807, 2.05) is 37.6 Å². The summed E-state index contributed by atoms with van der Waals surface area (Å²) in [6.45, 7) is 9.32. The fourth-order valence-corrected chi connectivity index (χ4v) is 3.47. The monoisotopic (exact) mass is 325 g/mol. The Labute approximate surface area is 142 Å². The van der Waals surface area contributed by atoms with Gasteiger partial charge in [0.2, 0.25) is 5.95 Å². The van der Waals surface area contributed by atoms with Crippen molar-refractivity contribution >= 4 is 5.95 Å². The van der Waals surface area contributed by atoms with Gasteiger partial charge in [-0.1, -0.05) is 0 Å². The predicted molar refractivity (Wildman–Crippen MR) is 91.7 cm³/mol. The molecule has 2 aromatic rings. The molecule has 0 amide bonds. The number of likely N-dealkylation sites (tertiary alicyclic amines) is 1. The van der Waals surface area contributed by atoms with Crippen LogP contribution in [0.25, 0.3) is 0 Å². The first-order valence-electron chi connectivity index (χ1n) is 8.55. The molecule has 0 aliphatic carbocycles. The SMILES string of the molecule is Cc1nccc(CN2CC(N3CCN(c4ncccn4)CC3)C2)n1. The van der Waals surface area contributed by atoms with Gasteiger partial charge in [0.1, 0.15) is 5.82 Å². The molecule has 0 saturated carbocycles. The normalized spacial score (nSPS) is 20.1. The molecule has 0 spiro atoms. The average molecular weight is 325 g/mol. The van der Waals surface area contributed by atoms with Gasteiger partial charge in [-0.15, -0.1) is 0 Å². The standard InChI is InChI=1S/C17H23N7/c1-14-18-6-3-15(21-14)11-22-12-16(13-22)23-7-9-24(10-8-23)17-19-4-2-5-20-17/h2-6,16H,7-13H2,1H3. The highest BCUT2D eigenvalue weighted by Crippen LogP contribution is 2.20. The molecule has 0 unspecified atom stereocenters. The number of hydrogen-bond donors (Lipinski definition) is 0. The second kappa shape index (κ2) is 6.78. The topological polar surface area (TPSA) is 61.3 Å². The minimum atomic E-state index is 0.673. The van der Waals surface area contributed by atoms with Crippen LogP contribution >= 0.6 is 0 Å². The summed E-state index contributed by atoms with van der Waals surface area (Å²) < 4.78 is 0. The third kappa shape index (κ3) is 3.37. The molecule has 4 heterocycles. The molecule has 0 radical (unpaired) electrons. The minimum absolute atomic E-state index is 0.673. The Kier molecular flexibility index (Phi) is 4.36. The maximum atomic E-state index is 4.49. The van der Waals surface area contributed by atoms with Crippen molar-refractivity contribution in [1.82, 2.24) is 29.7 Å². The van der Waals surface area contributed by atoms with Gasteiger partial charge in [-0.25, -0.2) is 19.9 Å². The molecule has 4 rings (SSSR count). The Balaban J connectivity index is 1.24. The zero-order valence-corrected chi connectivity index (χ0v) is 14.0. The number of hydrogen-bond acceptors (Lipinski definition) is 7. The zero-order chi connectivity index (χ0) is 16.4. The smallest absolute Gasteiger partial charge is 0.225 e. The van der Waals surface area contributed by atoms with E-state index in [9.17, 15) is 0 Å². The van der Waals surface area contributed by atoms with Crippen molar-refractivity contribution in [3.8, 4) is 0 Å². The van der Waals surface area contributed by atoms with Crippen LogP contribution in [0.5, 0.6) is 0 Å². The number of piperazine rings is 1. The van der Waals surface area contributed by atoms with E-state index >= 15 is 0 Å². The van der Waals surface area contributed by atoms with Crippen LogP contribution in [-0.4, -0.2) is 75.0 Å². The van der Waals surface area contributed by atoms with E-state index in [0.717, 1.165) is 63.3 Å². The van der Waals surface area contributed by atoms with Crippen LogP contribution in [0.2, 0.25) is 0 Å². The molecule has 2 saturated heterocycles. The van der Waals surface area contributed by atoms with Crippen molar-refractivity contribution in [2.45, 2.75) is 19.5 Å². The highest BCUT2D eigenvalue weighted by Gasteiger charge is 2.33. The number of anilines is 1. The maximum Gasteiger partial charge on any atom is 0.225 e. The molecule has 2 aliphatic rings. The molecule has 7 heteroatoms. The molecular weight excluding hydrogens is 302 g/mol. The first-order chi connectivity index (χ1) is 11.8. The van der Waals surface area contributed by atoms with Gasteiger partial charge in [-0.2, -0.15) is 0 Å². The molecule has 0 aromatic carbocycles. The Morgan fingerprint density at radius 2 is 1.75 bits per heavy atom. The summed E-state index contributed by atoms with van der Waals surface area (Å²) in [6, 6.07) is 4.55. The van der Waals surface area contributed by atoms with Crippen LogP contribution in [0.4, 0.5) is 5.95 Å². The van der Waals surface area contributed by atoms with Crippen LogP contribution in [0.15, 0.2) is 30.7 Å². The van der Waals surface area contributed by atoms with Gasteiger partial charge in [0.15, 0.2) is 0 Å². The van der Waals surface area contributed by atoms with Crippen LogP contribution in [-0.2, 0) is 6.54 Å². The second-order valence-electron chi connectivity index (χ2n) is 6.51. The lowest BCUT2D eigenvalue weighted by Crippen LogP contribution is -2.62. The average Bonchev–Trinajstić information content (AvgIpc) is 2.59. The molecule has 0 bridgehead atoms. The van der Waals surface area contributed by atoms with Crippen molar-refractivity contribution < 1.29 is 0 Å². The molecular formula is C17H23N7. The van der Waals surface area contributed by atoms with Gasteiger partial charge in [0, 0.05) is 70.4 Å². The van der Waals surface area contributed by atoms with Crippen LogP contribution in [0.3, 0.4) is 0 Å². The number of nitrogens with zero attached hydrogens (tertiary/aromatic N) is 7. The molecule has 24 heavy (non-hydrogen) atoms. The molecule has 0 N–H and O–H groups in total. The molecule has 7 nitrogen and oxygen atoms in total. The number of aromatic nitrogens is 4. The summed E-state index contributed by atoms with van der Waals surface area (Å²) in [4.78, 5) is 24.7. The van der Waals surface area contributed by atoms with Crippen molar-refractivity contribution in [3.63, 3.8) is 0 Å². The Morgan fingerprint density at radius 3 is 2.46 bits per heavy atom. The Bertz CT molecular complexity index is 664. The summed E-state index contributed by atoms with van der Waals surface area (Å²) in [5, 5.41) is 0. The van der Waals surface area contributed by atoms with E-state index in [-0.39, 0.29) is 0 Å². The highest BCUT2D eigenvalue weighted by atomic mass is 15.4. The van der Waals surface area contributed by atoms with Gasteiger partial charge >= 0.3 is 0 Å². The highest BCUT2D eigenvalue weighted by molar-refractivity contribution is 5.29. The molecule has 2 aromatic heterocycles. The van der Waals surface area contributed by atoms with E-state index < -0.39 is 0 Å². The molecule has 0 atom stereocenters. The maximum absolute atomic E-state index is 4.49. The molecule has 2 fully saturated rings. The largest absolute Gasteiger partial charge is 0.338 e. The first kappa shape index (κ1) is 15.4. The fourth-order valence-electron chi connectivity index (χ4n) is 3.47. The summed E-state index contributed by atoms with van der Waals surface area (Å²) in [5.74, 6) is 1.70. The van der Waals surface area contributed by atoms with Gasteiger partial charge in [-0.3, -0.25) is 9.80 Å². The van der Waals surface area contributed by atoms with Crippen LogP contribution in [0.1, 0.15) is 11.5 Å². The van der Waals surface area contributed by atoms with Crippen molar-refractivity contribution in [2.75, 3.05) is 44.2 Å². The van der Waals surface area contributed by atoms with E-state index in [1.54, 1.807) is 0 Å². The van der Waals surface area contributed by atoms with E-state index in [1.165, 1.54) is 0 Å². The Morgan fingerprint density at radius 1 is 1.00 bits per heavy atom. The predicted octanol–water partition coefficient (Wildman–Crippen LogP) is 0.581. The van der Waals surface area contributed by atoms with Gasteiger partial charge in [-0.05, 0) is 19.1 Å². The second-order valence-corrected chi connectivity index (χ2v) is 6.51. The van der Waals surface area contributed by atoms with Crippen molar-refractivity contribution in [3.05, 3.63) is 42.2 Å². The lowest BCUT2D eigenvalue weighted by atomic mass is 10.1. The number of aryl methyl sites for hydroxylation is 1. The summed E-state index contributed by atoms with van der Waals surface area (Å²) in [6.07, 6.45) is 5.47. The summed E-state index contributed by atoms with van der Waals surface area (Å²) >= 11 is 0. The zero-order valence-electron chi connectivity index (χ0n) is 14.0. The summed E-state index contributed by atoms with van der Waals surface area (Å²) in [7, 11) is 0. The minimum Gasteiger partial charge on any atom is -0.338 e. The summed E-state index contributed by atoms with van der Waals surface area (Å²) in [5.41, 5.74) is 1.12. The van der Waals surface area contributed by atoms with Crippen molar-refractivity contribution in [1.29, 1.82) is 0 Å². The van der Waals surface area contributed by atoms with Gasteiger partial charge in [0.25, 0.3) is 0 Å². The quantitative estimate of drug-likeness (QED) is 0.815. The lowest BCUT2D eigenvalue weighted by Gasteiger charge is -2.48. The molecule has 2 aliphatic heterocycles. The van der Waals surface area contributed by atoms with Gasteiger partial charge in [0.05, 0.1) is 5.69 Å². The van der Waals surface area contributed by atoms with E-state index in [0.29, 0.717) is 6.04 Å². The van der Waals surface area contributed by atoms with Crippen LogP contribution < -0.4 is 4.90 Å². The van der Waals surface area contributed by atoms with Gasteiger partial charge < -0.3 is 4.90 Å². The fraction of sp³-hybridized carbons (Fsp3) is 0.529. The number of rotatable bonds is 4. The third-order valence-electron chi connectivity index (χ3n) is 4.82. The lowest BCUT2D eigenvalue weighted by molar-refractivity contribution is 0.0247.